The number of nitrogens with zero attached hydrogens (tertiary/aromatic N) is 1. The second-order valence-electron chi connectivity index (χ2n) is 5.68. The van der Waals surface area contributed by atoms with Gasteiger partial charge in [0, 0.05) is 13.2 Å². The Labute approximate surface area is 139 Å². The molecule has 3 rings (SSSR count). The molecule has 0 amide bonds. The zero-order valence-electron chi connectivity index (χ0n) is 13.4. The van der Waals surface area contributed by atoms with Gasteiger partial charge in [0.15, 0.2) is 0 Å². The zero-order valence-corrected chi connectivity index (χ0v) is 14.2. The Balaban J connectivity index is 1.95. The molecule has 2 aromatic heterocycles. The van der Waals surface area contributed by atoms with E-state index in [1.807, 2.05) is 30.3 Å². The van der Waals surface area contributed by atoms with Gasteiger partial charge in [-0.15, -0.1) is 0 Å². The van der Waals surface area contributed by atoms with Crippen molar-refractivity contribution in [1.82, 2.24) is 4.98 Å². The molecule has 0 aliphatic carbocycles. The Morgan fingerprint density at radius 1 is 1.21 bits per heavy atom. The molecule has 7 heteroatoms. The van der Waals surface area contributed by atoms with E-state index in [0.717, 1.165) is 5.56 Å². The summed E-state index contributed by atoms with van der Waals surface area (Å²) in [6.07, 6.45) is 3.18. The summed E-state index contributed by atoms with van der Waals surface area (Å²) in [5.41, 5.74) is 1.07. The molecule has 0 radical (unpaired) electrons. The molecule has 0 aliphatic heterocycles. The first kappa shape index (κ1) is 16.3. The third-order valence-electron chi connectivity index (χ3n) is 4.08. The summed E-state index contributed by atoms with van der Waals surface area (Å²) < 4.78 is 32.1. The van der Waals surface area contributed by atoms with Gasteiger partial charge in [0.25, 0.3) is 5.56 Å². The Bertz CT molecular complexity index is 1010. The summed E-state index contributed by atoms with van der Waals surface area (Å²) in [4.78, 5) is 14.2. The van der Waals surface area contributed by atoms with Crippen LogP contribution >= 0.6 is 0 Å². The quantitative estimate of drug-likeness (QED) is 0.769. The third-order valence-corrected chi connectivity index (χ3v) is 6.23. The molecule has 1 atom stereocenters. The fourth-order valence-electron chi connectivity index (χ4n) is 2.68. The van der Waals surface area contributed by atoms with Crippen molar-refractivity contribution in [2.75, 3.05) is 11.4 Å². The Morgan fingerprint density at radius 3 is 2.62 bits per heavy atom. The second kappa shape index (κ2) is 6.16. The summed E-state index contributed by atoms with van der Waals surface area (Å²) in [6, 6.07) is 11.1. The molecule has 126 valence electrons. The van der Waals surface area contributed by atoms with Crippen LogP contribution in [0.3, 0.4) is 0 Å². The second-order valence-corrected chi connectivity index (χ2v) is 8.06. The highest BCUT2D eigenvalue weighted by Crippen LogP contribution is 2.27. The van der Waals surface area contributed by atoms with Crippen LogP contribution in [0.1, 0.15) is 12.5 Å². The maximum Gasteiger partial charge on any atom is 0.291 e. The van der Waals surface area contributed by atoms with Gasteiger partial charge in [-0.05, 0) is 25.0 Å². The molecule has 0 fully saturated rings. The topological polar surface area (TPSA) is 83.4 Å². The number of anilines is 1. The average molecular weight is 346 g/mol. The molecule has 3 aromatic rings. The van der Waals surface area contributed by atoms with Crippen LogP contribution in [0.25, 0.3) is 11.0 Å². The minimum Gasteiger partial charge on any atom is -0.458 e. The Hall–Kier alpha value is -2.54. The van der Waals surface area contributed by atoms with Crippen LogP contribution in [0.15, 0.2) is 58.1 Å². The van der Waals surface area contributed by atoms with E-state index in [4.69, 9.17) is 4.42 Å². The highest BCUT2D eigenvalue weighted by atomic mass is 32.2. The third kappa shape index (κ3) is 2.82. The summed E-state index contributed by atoms with van der Waals surface area (Å²) in [6.45, 7) is 1.68. The van der Waals surface area contributed by atoms with Gasteiger partial charge in [-0.25, -0.2) is 8.42 Å². The summed E-state index contributed by atoms with van der Waals surface area (Å²) in [5, 5.41) is -0.143. The van der Waals surface area contributed by atoms with E-state index >= 15 is 0 Å². The first-order valence-corrected chi connectivity index (χ1v) is 9.02. The molecular weight excluding hydrogens is 328 g/mol. The van der Waals surface area contributed by atoms with Crippen LogP contribution in [0.2, 0.25) is 0 Å². The predicted octanol–water partition coefficient (Wildman–Crippen LogP) is 2.52. The van der Waals surface area contributed by atoms with E-state index in [1.54, 1.807) is 13.0 Å². The van der Waals surface area contributed by atoms with Crippen LogP contribution in [-0.4, -0.2) is 25.7 Å². The van der Waals surface area contributed by atoms with Crippen molar-refractivity contribution < 1.29 is 12.8 Å². The highest BCUT2D eigenvalue weighted by Gasteiger charge is 2.28. The molecule has 1 N–H and O–H groups in total. The van der Waals surface area contributed by atoms with Gasteiger partial charge in [0.2, 0.25) is 15.6 Å². The van der Waals surface area contributed by atoms with Gasteiger partial charge < -0.3 is 9.40 Å². The van der Waals surface area contributed by atoms with E-state index in [1.165, 1.54) is 23.8 Å². The normalized spacial score (nSPS) is 13.1. The Morgan fingerprint density at radius 2 is 1.92 bits per heavy atom. The van der Waals surface area contributed by atoms with E-state index in [2.05, 4.69) is 4.98 Å². The number of hydrogen-bond donors (Lipinski definition) is 1. The summed E-state index contributed by atoms with van der Waals surface area (Å²) in [7, 11) is -2.12. The molecule has 1 unspecified atom stereocenters. The number of aromatic amines is 1. The SMILES string of the molecule is CC(Cc1ccccc1)S(=O)(=O)N(C)c1c[nH]c(=O)c2occc12. The molecule has 2 heterocycles. The maximum atomic E-state index is 12.9. The lowest BCUT2D eigenvalue weighted by molar-refractivity contribution is 0.581. The molecule has 0 aliphatic rings. The minimum absolute atomic E-state index is 0.116. The number of fused-ring (bicyclic) bond motifs is 1. The fraction of sp³-hybridized carbons (Fsp3) is 0.235. The van der Waals surface area contributed by atoms with E-state index in [9.17, 15) is 13.2 Å². The van der Waals surface area contributed by atoms with E-state index < -0.39 is 15.3 Å². The highest BCUT2D eigenvalue weighted by molar-refractivity contribution is 7.93. The smallest absolute Gasteiger partial charge is 0.291 e. The number of H-pyrrole nitrogens is 1. The lowest BCUT2D eigenvalue weighted by Crippen LogP contribution is -2.36. The van der Waals surface area contributed by atoms with Crippen molar-refractivity contribution in [3.05, 3.63) is 64.8 Å². The van der Waals surface area contributed by atoms with Gasteiger partial charge in [-0.2, -0.15) is 0 Å². The molecule has 0 saturated heterocycles. The van der Waals surface area contributed by atoms with Crippen molar-refractivity contribution in [2.45, 2.75) is 18.6 Å². The van der Waals surface area contributed by atoms with Crippen LogP contribution in [0.4, 0.5) is 5.69 Å². The van der Waals surface area contributed by atoms with Gasteiger partial charge >= 0.3 is 0 Å². The van der Waals surface area contributed by atoms with Crippen LogP contribution in [-0.2, 0) is 16.4 Å². The standard InChI is InChI=1S/C17H18N2O4S/c1-12(10-13-6-4-3-5-7-13)24(21,22)19(2)15-11-18-17(20)16-14(15)8-9-23-16/h3-9,11-12H,10H2,1-2H3,(H,18,20). The number of rotatable bonds is 5. The summed E-state index contributed by atoms with van der Waals surface area (Å²) in [5.74, 6) is 0. The molecule has 1 aromatic carbocycles. The van der Waals surface area contributed by atoms with E-state index in [0.29, 0.717) is 17.5 Å². The van der Waals surface area contributed by atoms with Crippen molar-refractivity contribution >= 4 is 26.7 Å². The van der Waals surface area contributed by atoms with Gasteiger partial charge in [0.1, 0.15) is 0 Å². The van der Waals surface area contributed by atoms with Crippen LogP contribution < -0.4 is 9.86 Å². The van der Waals surface area contributed by atoms with Crippen molar-refractivity contribution in [3.63, 3.8) is 0 Å². The van der Waals surface area contributed by atoms with Gasteiger partial charge in [-0.3, -0.25) is 9.10 Å². The van der Waals surface area contributed by atoms with Crippen molar-refractivity contribution in [1.29, 1.82) is 0 Å². The predicted molar refractivity (Wildman–Crippen MR) is 93.8 cm³/mol. The lowest BCUT2D eigenvalue weighted by Gasteiger charge is -2.24. The molecular formula is C17H18N2O4S. The molecule has 0 spiro atoms. The zero-order chi connectivity index (χ0) is 17.3. The van der Waals surface area contributed by atoms with Gasteiger partial charge in [0.05, 0.1) is 22.6 Å². The van der Waals surface area contributed by atoms with Crippen molar-refractivity contribution in [3.8, 4) is 0 Å². The number of furan rings is 1. The summed E-state index contributed by atoms with van der Waals surface area (Å²) >= 11 is 0. The molecule has 24 heavy (non-hydrogen) atoms. The number of aromatic nitrogens is 1. The maximum absolute atomic E-state index is 12.9. The number of sulfonamides is 1. The fourth-order valence-corrected chi connectivity index (χ4v) is 4.05. The largest absolute Gasteiger partial charge is 0.458 e. The minimum atomic E-state index is -3.60. The number of pyridine rings is 1. The van der Waals surface area contributed by atoms with Crippen LogP contribution in [0.5, 0.6) is 0 Å². The first-order valence-electron chi connectivity index (χ1n) is 7.52. The van der Waals surface area contributed by atoms with Crippen LogP contribution in [0, 0.1) is 0 Å². The van der Waals surface area contributed by atoms with E-state index in [-0.39, 0.29) is 11.1 Å². The first-order chi connectivity index (χ1) is 11.4. The lowest BCUT2D eigenvalue weighted by atomic mass is 10.1. The van der Waals surface area contributed by atoms with Gasteiger partial charge in [-0.1, -0.05) is 30.3 Å². The molecule has 0 saturated carbocycles. The van der Waals surface area contributed by atoms with Crippen molar-refractivity contribution in [2.24, 2.45) is 0 Å². The Kier molecular flexibility index (Phi) is 4.19. The molecule has 0 bridgehead atoms. The molecule has 6 nitrogen and oxygen atoms in total. The average Bonchev–Trinajstić information content (AvgIpc) is 3.06. The monoisotopic (exact) mass is 346 g/mol. The number of hydrogen-bond acceptors (Lipinski definition) is 4. The number of benzene rings is 1. The number of nitrogens with one attached hydrogen (secondary N) is 1.